The Morgan fingerprint density at radius 3 is 1.46 bits per heavy atom. The van der Waals surface area contributed by atoms with Crippen LogP contribution in [0.1, 0.15) is 138 Å². The number of carbonyl (C=O) groups is 2. The van der Waals surface area contributed by atoms with Gasteiger partial charge < -0.3 is 18.3 Å². The maximum atomic E-state index is 12.9. The van der Waals surface area contributed by atoms with E-state index in [0.29, 0.717) is 36.4 Å². The second-order valence-electron chi connectivity index (χ2n) is 16.2. The number of aromatic nitrogens is 2. The van der Waals surface area contributed by atoms with E-state index < -0.39 is 11.2 Å². The normalized spacial score (nSPS) is 22.8. The number of amides is 2. The highest BCUT2D eigenvalue weighted by Gasteiger charge is 2.40. The molecule has 5 aliphatic rings. The molecular weight excluding hydrogens is 632 g/mol. The van der Waals surface area contributed by atoms with Crippen LogP contribution in [0.4, 0.5) is 9.59 Å². The quantitative estimate of drug-likeness (QED) is 0.210. The number of likely N-dealkylation sites (tertiary alicyclic amines) is 2. The Hall–Kier alpha value is -4.60. The first-order chi connectivity index (χ1) is 23.8. The lowest BCUT2D eigenvalue weighted by molar-refractivity contribution is 0.0199. The van der Waals surface area contributed by atoms with E-state index in [1.807, 2.05) is 41.5 Å². The predicted octanol–water partition coefficient (Wildman–Crippen LogP) is 9.51. The second kappa shape index (κ2) is 12.0. The zero-order valence-electron chi connectivity index (χ0n) is 29.8. The van der Waals surface area contributed by atoms with Crippen molar-refractivity contribution >= 4 is 12.2 Å². The van der Waals surface area contributed by atoms with Gasteiger partial charge in [0.25, 0.3) is 0 Å². The molecule has 50 heavy (non-hydrogen) atoms. The maximum absolute atomic E-state index is 12.9. The SMILES string of the molecule is CC(C)(C)OC(=O)N1CCC[C@H]1c1cnc(-c2ccc3c(c2)C2CCC3c3cc(-c4ncc([C@@H]5CCCN5C(=O)OC(C)(C)C)o4)ccc32)o1. The van der Waals surface area contributed by atoms with Crippen molar-refractivity contribution in [2.75, 3.05) is 13.1 Å². The van der Waals surface area contributed by atoms with Gasteiger partial charge in [-0.25, -0.2) is 19.6 Å². The van der Waals surface area contributed by atoms with Gasteiger partial charge in [-0.2, -0.15) is 0 Å². The topological polar surface area (TPSA) is 111 Å². The van der Waals surface area contributed by atoms with Crippen LogP contribution in [0, 0.1) is 0 Å². The fourth-order valence-electron chi connectivity index (χ4n) is 8.30. The highest BCUT2D eigenvalue weighted by Crippen LogP contribution is 2.54. The molecule has 2 aliphatic heterocycles. The molecule has 262 valence electrons. The van der Waals surface area contributed by atoms with E-state index in [1.54, 1.807) is 22.2 Å². The molecule has 2 unspecified atom stereocenters. The summed E-state index contributed by atoms with van der Waals surface area (Å²) in [5.74, 6) is 3.10. The zero-order valence-corrected chi connectivity index (χ0v) is 29.8. The Morgan fingerprint density at radius 1 is 0.640 bits per heavy atom. The lowest BCUT2D eigenvalue weighted by Crippen LogP contribution is -2.36. The summed E-state index contributed by atoms with van der Waals surface area (Å²) in [7, 11) is 0. The molecule has 4 atom stereocenters. The van der Waals surface area contributed by atoms with Gasteiger partial charge in [-0.05, 0) is 127 Å². The molecule has 0 N–H and O–H groups in total. The third kappa shape index (κ3) is 5.96. The molecule has 2 aromatic heterocycles. The second-order valence-corrected chi connectivity index (χ2v) is 16.2. The van der Waals surface area contributed by atoms with Crippen LogP contribution >= 0.6 is 0 Å². The molecule has 0 spiro atoms. The van der Waals surface area contributed by atoms with E-state index in [2.05, 4.69) is 46.4 Å². The fraction of sp³-hybridized carbons (Fsp3) is 0.500. The largest absolute Gasteiger partial charge is 0.444 e. The first-order valence-corrected chi connectivity index (χ1v) is 18.0. The Kier molecular flexibility index (Phi) is 7.84. The highest BCUT2D eigenvalue weighted by atomic mass is 16.6. The molecule has 2 saturated heterocycles. The molecule has 4 aromatic rings. The van der Waals surface area contributed by atoms with Crippen molar-refractivity contribution < 1.29 is 27.9 Å². The van der Waals surface area contributed by atoms with Crippen LogP contribution in [0.15, 0.2) is 57.6 Å². The molecule has 2 amide bonds. The van der Waals surface area contributed by atoms with Crippen molar-refractivity contribution in [3.05, 3.63) is 82.6 Å². The fourth-order valence-corrected chi connectivity index (χ4v) is 8.30. The smallest absolute Gasteiger partial charge is 0.410 e. The van der Waals surface area contributed by atoms with Crippen LogP contribution in [-0.4, -0.2) is 56.2 Å². The number of fused-ring (bicyclic) bond motifs is 1. The number of hydrogen-bond donors (Lipinski definition) is 0. The van der Waals surface area contributed by atoms with Gasteiger partial charge in [0, 0.05) is 36.1 Å². The lowest BCUT2D eigenvalue weighted by Gasteiger charge is -2.40. The number of carbonyl (C=O) groups excluding carboxylic acids is 2. The average molecular weight is 679 g/mol. The Balaban J connectivity index is 1.01. The molecule has 0 saturated carbocycles. The molecule has 3 aliphatic carbocycles. The minimum atomic E-state index is -0.555. The van der Waals surface area contributed by atoms with Crippen molar-refractivity contribution in [3.63, 3.8) is 0 Å². The molecular formula is C40H46N4O6. The standard InChI is InChI=1S/C40H46N4O6/c1-39(2,3)49-37(45)43-17-7-9-31(43)33-21-41-35(47-33)23-11-13-25-28-16-15-27(29(25)19-23)26-14-12-24(20-30(26)28)36-42-22-34(48-36)32-10-8-18-44(32)38(46)50-40(4,5)6/h11-14,19-22,27-28,31-32H,7-10,15-18H2,1-6H3/t27?,28?,31-,32-/m0/s1. The molecule has 4 heterocycles. The molecule has 2 aromatic carbocycles. The molecule has 9 rings (SSSR count). The highest BCUT2D eigenvalue weighted by molar-refractivity contribution is 5.70. The monoisotopic (exact) mass is 678 g/mol. The zero-order chi connectivity index (χ0) is 34.9. The van der Waals surface area contributed by atoms with Gasteiger partial charge in [0.15, 0.2) is 0 Å². The van der Waals surface area contributed by atoms with E-state index in [4.69, 9.17) is 18.3 Å². The lowest BCUT2D eigenvalue weighted by atomic mass is 9.63. The van der Waals surface area contributed by atoms with E-state index in [0.717, 1.165) is 49.7 Å². The van der Waals surface area contributed by atoms with Crippen molar-refractivity contribution in [2.24, 2.45) is 0 Å². The van der Waals surface area contributed by atoms with Gasteiger partial charge in [0.1, 0.15) is 22.7 Å². The van der Waals surface area contributed by atoms with Gasteiger partial charge in [0.2, 0.25) is 11.8 Å². The first kappa shape index (κ1) is 32.6. The summed E-state index contributed by atoms with van der Waals surface area (Å²) in [4.78, 5) is 38.7. The van der Waals surface area contributed by atoms with Crippen LogP contribution in [0.25, 0.3) is 22.9 Å². The average Bonchev–Trinajstić information content (AvgIpc) is 3.89. The Bertz CT molecular complexity index is 1810. The van der Waals surface area contributed by atoms with Crippen molar-refractivity contribution in [1.82, 2.24) is 19.8 Å². The third-order valence-corrected chi connectivity index (χ3v) is 10.4. The summed E-state index contributed by atoms with van der Waals surface area (Å²) >= 11 is 0. The van der Waals surface area contributed by atoms with Crippen LogP contribution in [0.2, 0.25) is 0 Å². The summed E-state index contributed by atoms with van der Waals surface area (Å²) in [5, 5.41) is 0. The Labute approximate surface area is 293 Å². The van der Waals surface area contributed by atoms with E-state index >= 15 is 0 Å². The minimum absolute atomic E-state index is 0.178. The van der Waals surface area contributed by atoms with Crippen LogP contribution in [-0.2, 0) is 9.47 Å². The summed E-state index contributed by atoms with van der Waals surface area (Å²) in [5.41, 5.74) is 6.14. The summed E-state index contributed by atoms with van der Waals surface area (Å²) < 4.78 is 24.0. The van der Waals surface area contributed by atoms with Gasteiger partial charge >= 0.3 is 12.2 Å². The van der Waals surface area contributed by atoms with E-state index in [-0.39, 0.29) is 36.1 Å². The molecule has 2 fully saturated rings. The Morgan fingerprint density at radius 2 is 1.06 bits per heavy atom. The summed E-state index contributed by atoms with van der Waals surface area (Å²) in [6.45, 7) is 12.6. The van der Waals surface area contributed by atoms with Crippen LogP contribution in [0.3, 0.4) is 0 Å². The van der Waals surface area contributed by atoms with Gasteiger partial charge in [-0.1, -0.05) is 12.1 Å². The van der Waals surface area contributed by atoms with E-state index in [9.17, 15) is 9.59 Å². The van der Waals surface area contributed by atoms with E-state index in [1.165, 1.54) is 22.3 Å². The van der Waals surface area contributed by atoms with Gasteiger partial charge in [0.05, 0.1) is 24.5 Å². The maximum Gasteiger partial charge on any atom is 0.410 e. The molecule has 0 radical (unpaired) electrons. The minimum Gasteiger partial charge on any atom is -0.444 e. The third-order valence-electron chi connectivity index (χ3n) is 10.4. The van der Waals surface area contributed by atoms with Crippen molar-refractivity contribution in [2.45, 2.75) is 115 Å². The number of ether oxygens (including phenoxy) is 2. The summed E-state index contributed by atoms with van der Waals surface area (Å²) in [6, 6.07) is 12.8. The number of nitrogens with zero attached hydrogens (tertiary/aromatic N) is 4. The summed E-state index contributed by atoms with van der Waals surface area (Å²) in [6.07, 6.45) is 8.51. The first-order valence-electron chi connectivity index (χ1n) is 18.0. The molecule has 10 heteroatoms. The molecule has 2 bridgehead atoms. The van der Waals surface area contributed by atoms with Gasteiger partial charge in [-0.3, -0.25) is 9.80 Å². The molecule has 10 nitrogen and oxygen atoms in total. The van der Waals surface area contributed by atoms with Crippen molar-refractivity contribution in [1.29, 1.82) is 0 Å². The van der Waals surface area contributed by atoms with Crippen LogP contribution < -0.4 is 0 Å². The van der Waals surface area contributed by atoms with Gasteiger partial charge in [-0.15, -0.1) is 0 Å². The number of rotatable bonds is 4. The van der Waals surface area contributed by atoms with Crippen LogP contribution in [0.5, 0.6) is 0 Å². The number of oxazole rings is 2. The van der Waals surface area contributed by atoms with Crippen molar-refractivity contribution in [3.8, 4) is 22.9 Å². The number of hydrogen-bond acceptors (Lipinski definition) is 8. The predicted molar refractivity (Wildman–Crippen MR) is 187 cm³/mol. The number of benzene rings is 2.